The van der Waals surface area contributed by atoms with Gasteiger partial charge in [-0.25, -0.2) is 0 Å². The minimum absolute atomic E-state index is 0. The Labute approximate surface area is 130 Å². The van der Waals surface area contributed by atoms with Gasteiger partial charge in [0, 0.05) is 0 Å². The van der Waals surface area contributed by atoms with Crippen LogP contribution >= 0.6 is 7.26 Å². The fourth-order valence-corrected chi connectivity index (χ4v) is 7.10. The summed E-state index contributed by atoms with van der Waals surface area (Å²) < 4.78 is 0. The highest BCUT2D eigenvalue weighted by Gasteiger charge is 2.39. The number of benzene rings is 2. The molecule has 0 radical (unpaired) electrons. The molecule has 0 bridgehead atoms. The first-order chi connectivity index (χ1) is 9.83. The molecule has 2 heteroatoms. The number of hydrogen-bond acceptors (Lipinski definition) is 0. The monoisotopic (exact) mass is 303 g/mol. The first kappa shape index (κ1) is 17.9. The zero-order valence-corrected chi connectivity index (χ0v) is 14.2. The molecule has 0 fully saturated rings. The summed E-state index contributed by atoms with van der Waals surface area (Å²) in [6.07, 6.45) is 6.62. The molecular weight excluding hydrogens is 275 g/mol. The minimum atomic E-state index is -1.21. The second-order valence-electron chi connectivity index (χ2n) is 5.39. The van der Waals surface area contributed by atoms with Crippen LogP contribution in [0.25, 0.3) is 0 Å². The molecule has 0 saturated carbocycles. The summed E-state index contributed by atoms with van der Waals surface area (Å²) in [5.41, 5.74) is 0. The van der Waals surface area contributed by atoms with Gasteiger partial charge in [0.05, 0.1) is 30.2 Å². The van der Waals surface area contributed by atoms with Gasteiger partial charge in [0.15, 0.2) is 0 Å². The van der Waals surface area contributed by atoms with Crippen LogP contribution in [0.3, 0.4) is 0 Å². The zero-order valence-electron chi connectivity index (χ0n) is 13.3. The Hall–Kier alpha value is -1.17. The molecule has 0 aliphatic carbocycles. The molecule has 0 aliphatic rings. The Morgan fingerprint density at radius 1 is 0.714 bits per heavy atom. The predicted molar refractivity (Wildman–Crippen MR) is 97.6 cm³/mol. The van der Waals surface area contributed by atoms with Crippen LogP contribution in [0.4, 0.5) is 0 Å². The van der Waals surface area contributed by atoms with Crippen LogP contribution in [0.5, 0.6) is 0 Å². The van der Waals surface area contributed by atoms with Crippen LogP contribution in [0.2, 0.25) is 0 Å². The lowest BCUT2D eigenvalue weighted by molar-refractivity contribution is 0.775. The lowest BCUT2D eigenvalue weighted by Crippen LogP contribution is -2.26. The van der Waals surface area contributed by atoms with Gasteiger partial charge in [0.25, 0.3) is 0 Å². The van der Waals surface area contributed by atoms with Gasteiger partial charge in [-0.3, -0.25) is 0 Å². The van der Waals surface area contributed by atoms with E-state index in [9.17, 15) is 0 Å². The Kier molecular flexibility index (Phi) is 7.64. The molecule has 0 aliphatic heterocycles. The summed E-state index contributed by atoms with van der Waals surface area (Å²) in [5, 5.41) is 3.15. The molecule has 0 atom stereocenters. The number of rotatable bonds is 7. The molecule has 0 amide bonds. The second-order valence-corrected chi connectivity index (χ2v) is 9.43. The van der Waals surface area contributed by atoms with Crippen LogP contribution in [-0.4, -0.2) is 17.8 Å². The van der Waals surface area contributed by atoms with Crippen molar-refractivity contribution >= 4 is 17.9 Å². The molecule has 0 aromatic heterocycles. The van der Waals surface area contributed by atoms with Crippen molar-refractivity contribution in [2.45, 2.75) is 33.1 Å². The Balaban J connectivity index is 0.00000220. The molecule has 2 rings (SSSR count). The maximum Gasteiger partial charge on any atom is 0.0991 e. The SMILES string of the molecule is CCCCC[P+](CC)(c1ccccc1)c1ccccc1.O. The van der Waals surface area contributed by atoms with Gasteiger partial charge in [0.2, 0.25) is 0 Å². The van der Waals surface area contributed by atoms with E-state index in [4.69, 9.17) is 0 Å². The lowest BCUT2D eigenvalue weighted by Gasteiger charge is -2.26. The first-order valence-corrected chi connectivity index (χ1v) is 9.97. The lowest BCUT2D eigenvalue weighted by atomic mass is 10.3. The summed E-state index contributed by atoms with van der Waals surface area (Å²) in [6, 6.07) is 22.4. The quantitative estimate of drug-likeness (QED) is 0.546. The van der Waals surface area contributed by atoms with Gasteiger partial charge in [-0.15, -0.1) is 0 Å². The van der Waals surface area contributed by atoms with E-state index in [1.54, 1.807) is 10.6 Å². The highest BCUT2D eigenvalue weighted by molar-refractivity contribution is 7.89. The average Bonchev–Trinajstić information content (AvgIpc) is 2.54. The largest absolute Gasteiger partial charge is 0.412 e. The second kappa shape index (κ2) is 8.97. The van der Waals surface area contributed by atoms with Crippen LogP contribution in [-0.2, 0) is 0 Å². The Bertz CT molecular complexity index is 456. The van der Waals surface area contributed by atoms with E-state index >= 15 is 0 Å². The van der Waals surface area contributed by atoms with Crippen LogP contribution < -0.4 is 10.6 Å². The minimum Gasteiger partial charge on any atom is -0.412 e. The molecular formula is C19H28OP+. The number of unbranched alkanes of at least 4 members (excludes halogenated alkanes) is 2. The Morgan fingerprint density at radius 2 is 1.19 bits per heavy atom. The van der Waals surface area contributed by atoms with E-state index in [2.05, 4.69) is 74.5 Å². The van der Waals surface area contributed by atoms with Crippen molar-refractivity contribution in [2.24, 2.45) is 0 Å². The fourth-order valence-electron chi connectivity index (χ4n) is 2.99. The van der Waals surface area contributed by atoms with Crippen molar-refractivity contribution in [3.05, 3.63) is 60.7 Å². The van der Waals surface area contributed by atoms with Crippen molar-refractivity contribution in [3.63, 3.8) is 0 Å². The van der Waals surface area contributed by atoms with E-state index in [1.165, 1.54) is 31.6 Å². The first-order valence-electron chi connectivity index (χ1n) is 7.82. The summed E-state index contributed by atoms with van der Waals surface area (Å²) in [5.74, 6) is 0. The van der Waals surface area contributed by atoms with Gasteiger partial charge < -0.3 is 5.48 Å². The van der Waals surface area contributed by atoms with Gasteiger partial charge >= 0.3 is 0 Å². The van der Waals surface area contributed by atoms with Gasteiger partial charge in [-0.05, 0) is 37.6 Å². The van der Waals surface area contributed by atoms with Crippen LogP contribution in [0.15, 0.2) is 60.7 Å². The van der Waals surface area contributed by atoms with Crippen molar-refractivity contribution in [1.82, 2.24) is 0 Å². The molecule has 0 spiro atoms. The van der Waals surface area contributed by atoms with Crippen molar-refractivity contribution < 1.29 is 5.48 Å². The van der Waals surface area contributed by atoms with E-state index in [0.717, 1.165) is 0 Å². The summed E-state index contributed by atoms with van der Waals surface area (Å²) in [4.78, 5) is 0. The molecule has 0 heterocycles. The van der Waals surface area contributed by atoms with E-state index in [0.29, 0.717) is 0 Å². The predicted octanol–water partition coefficient (Wildman–Crippen LogP) is 4.04. The van der Waals surface area contributed by atoms with Crippen molar-refractivity contribution in [2.75, 3.05) is 12.3 Å². The normalized spacial score (nSPS) is 11.0. The fraction of sp³-hybridized carbons (Fsp3) is 0.368. The summed E-state index contributed by atoms with van der Waals surface area (Å²) in [6.45, 7) is 4.66. The zero-order chi connectivity index (χ0) is 14.3. The van der Waals surface area contributed by atoms with E-state index in [-0.39, 0.29) is 5.48 Å². The maximum atomic E-state index is 2.37. The third-order valence-electron chi connectivity index (χ3n) is 4.18. The highest BCUT2D eigenvalue weighted by Crippen LogP contribution is 2.56. The van der Waals surface area contributed by atoms with Crippen LogP contribution in [0.1, 0.15) is 33.1 Å². The molecule has 21 heavy (non-hydrogen) atoms. The smallest absolute Gasteiger partial charge is 0.0991 e. The van der Waals surface area contributed by atoms with Crippen molar-refractivity contribution in [3.8, 4) is 0 Å². The maximum absolute atomic E-state index is 2.37. The standard InChI is InChI=1S/C19H26P.H2O/c1-3-5-12-17-20(4-2,18-13-8-6-9-14-18)19-15-10-7-11-16-19;/h6-11,13-16H,3-5,12,17H2,1-2H3;1H2/q+1;. The third-order valence-corrected chi connectivity index (χ3v) is 8.92. The van der Waals surface area contributed by atoms with Gasteiger partial charge in [0.1, 0.15) is 0 Å². The molecule has 0 saturated heterocycles. The molecule has 0 unspecified atom stereocenters. The van der Waals surface area contributed by atoms with Gasteiger partial charge in [-0.2, -0.15) is 0 Å². The van der Waals surface area contributed by atoms with E-state index < -0.39 is 7.26 Å². The molecule has 114 valence electrons. The summed E-state index contributed by atoms with van der Waals surface area (Å²) >= 11 is 0. The van der Waals surface area contributed by atoms with Crippen molar-refractivity contribution in [1.29, 1.82) is 0 Å². The van der Waals surface area contributed by atoms with Crippen LogP contribution in [0, 0.1) is 0 Å². The number of hydrogen-bond donors (Lipinski definition) is 0. The molecule has 2 aromatic rings. The van der Waals surface area contributed by atoms with E-state index in [1.807, 2.05) is 0 Å². The third kappa shape index (κ3) is 4.15. The molecule has 2 N–H and O–H groups in total. The molecule has 1 nitrogen and oxygen atoms in total. The average molecular weight is 303 g/mol. The topological polar surface area (TPSA) is 31.5 Å². The molecule has 2 aromatic carbocycles. The summed E-state index contributed by atoms with van der Waals surface area (Å²) in [7, 11) is -1.21. The Morgan fingerprint density at radius 3 is 1.57 bits per heavy atom. The highest BCUT2D eigenvalue weighted by atomic mass is 31.2. The van der Waals surface area contributed by atoms with Gasteiger partial charge in [-0.1, -0.05) is 56.2 Å².